The van der Waals surface area contributed by atoms with Crippen LogP contribution >= 0.6 is 11.8 Å². The lowest BCUT2D eigenvalue weighted by molar-refractivity contribution is 0.0690. The summed E-state index contributed by atoms with van der Waals surface area (Å²) in [7, 11) is 0. The molecule has 0 spiro atoms. The van der Waals surface area contributed by atoms with Crippen molar-refractivity contribution < 1.29 is 23.5 Å². The van der Waals surface area contributed by atoms with Crippen molar-refractivity contribution in [1.29, 1.82) is 0 Å². The third kappa shape index (κ3) is 3.93. The van der Waals surface area contributed by atoms with Crippen molar-refractivity contribution in [2.45, 2.75) is 18.6 Å². The molecule has 7 heteroatoms. The van der Waals surface area contributed by atoms with E-state index in [9.17, 15) is 18.4 Å². The molecule has 1 amide bonds. The second kappa shape index (κ2) is 6.21. The van der Waals surface area contributed by atoms with E-state index in [2.05, 4.69) is 5.32 Å². The number of hydrogen-bond donors (Lipinski definition) is 2. The summed E-state index contributed by atoms with van der Waals surface area (Å²) in [5.41, 5.74) is -0.961. The fourth-order valence-corrected chi connectivity index (χ4v) is 1.59. The molecule has 0 radical (unpaired) electrons. The molecule has 2 N–H and O–H groups in total. The van der Waals surface area contributed by atoms with Crippen molar-refractivity contribution >= 4 is 23.6 Å². The molecular formula is C13H15F2NO3S. The van der Waals surface area contributed by atoms with E-state index in [1.54, 1.807) is 0 Å². The van der Waals surface area contributed by atoms with Crippen LogP contribution in [0.25, 0.3) is 0 Å². The first kappa shape index (κ1) is 16.4. The van der Waals surface area contributed by atoms with Gasteiger partial charge in [0.1, 0.15) is 0 Å². The molecule has 1 aromatic rings. The summed E-state index contributed by atoms with van der Waals surface area (Å²) in [6, 6.07) is 1.10. The summed E-state index contributed by atoms with van der Waals surface area (Å²) in [4.78, 5) is 22.9. The van der Waals surface area contributed by atoms with E-state index < -0.39 is 34.6 Å². The number of carbonyl (C=O) groups excluding carboxylic acids is 1. The van der Waals surface area contributed by atoms with Crippen molar-refractivity contribution in [3.05, 3.63) is 34.9 Å². The van der Waals surface area contributed by atoms with E-state index in [4.69, 9.17) is 5.11 Å². The Morgan fingerprint density at radius 3 is 2.20 bits per heavy atom. The van der Waals surface area contributed by atoms with Crippen LogP contribution in [0.1, 0.15) is 34.6 Å². The van der Waals surface area contributed by atoms with Gasteiger partial charge in [-0.25, -0.2) is 13.6 Å². The molecule has 110 valence electrons. The third-order valence-corrected chi connectivity index (χ3v) is 4.01. The molecule has 0 unspecified atom stereocenters. The average Bonchev–Trinajstić information content (AvgIpc) is 2.38. The number of carbonyl (C=O) groups is 2. The van der Waals surface area contributed by atoms with Gasteiger partial charge in [-0.1, -0.05) is 0 Å². The molecule has 0 aromatic heterocycles. The highest BCUT2D eigenvalue weighted by Gasteiger charge is 2.22. The standard InChI is InChI=1S/C13H15F2NO3S/c1-13(2,20-3)6-16-11(17)7-4-9(14)10(15)5-8(7)12(18)19/h4-5H,6H2,1-3H3,(H,16,17)(H,18,19). The molecule has 0 saturated heterocycles. The van der Waals surface area contributed by atoms with E-state index in [1.807, 2.05) is 20.1 Å². The first-order valence-electron chi connectivity index (χ1n) is 5.73. The molecule has 0 heterocycles. The Balaban J connectivity index is 3.04. The number of carboxylic acids is 1. The van der Waals surface area contributed by atoms with Crippen molar-refractivity contribution in [2.24, 2.45) is 0 Å². The van der Waals surface area contributed by atoms with Gasteiger partial charge in [-0.15, -0.1) is 0 Å². The maximum atomic E-state index is 13.2. The molecule has 0 aliphatic carbocycles. The van der Waals surface area contributed by atoms with E-state index in [0.717, 1.165) is 0 Å². The number of nitrogens with one attached hydrogen (secondary N) is 1. The van der Waals surface area contributed by atoms with Crippen molar-refractivity contribution in [2.75, 3.05) is 12.8 Å². The van der Waals surface area contributed by atoms with Crippen molar-refractivity contribution in [1.82, 2.24) is 5.32 Å². The summed E-state index contributed by atoms with van der Waals surface area (Å²) in [5, 5.41) is 11.5. The fourth-order valence-electron chi connectivity index (χ4n) is 1.37. The van der Waals surface area contributed by atoms with Crippen LogP contribution in [0.15, 0.2) is 12.1 Å². The minimum atomic E-state index is -1.49. The molecule has 0 saturated carbocycles. The van der Waals surface area contributed by atoms with Crippen LogP contribution < -0.4 is 5.32 Å². The Kier molecular flexibility index (Phi) is 5.10. The lowest BCUT2D eigenvalue weighted by Crippen LogP contribution is -2.36. The van der Waals surface area contributed by atoms with E-state index in [0.29, 0.717) is 12.1 Å². The fraction of sp³-hybridized carbons (Fsp3) is 0.385. The average molecular weight is 303 g/mol. The Bertz CT molecular complexity index is 547. The molecule has 1 aromatic carbocycles. The molecule has 0 fully saturated rings. The normalized spacial score (nSPS) is 11.2. The predicted molar refractivity (Wildman–Crippen MR) is 73.2 cm³/mol. The van der Waals surface area contributed by atoms with Gasteiger partial charge >= 0.3 is 5.97 Å². The number of carboxylic acid groups (broad SMARTS) is 1. The van der Waals surface area contributed by atoms with Gasteiger partial charge < -0.3 is 10.4 Å². The predicted octanol–water partition coefficient (Wildman–Crippen LogP) is 2.53. The highest BCUT2D eigenvalue weighted by Crippen LogP contribution is 2.20. The van der Waals surface area contributed by atoms with Gasteiger partial charge in [0.2, 0.25) is 0 Å². The van der Waals surface area contributed by atoms with Gasteiger partial charge in [-0.3, -0.25) is 4.79 Å². The van der Waals surface area contributed by atoms with Crippen LogP contribution in [0.4, 0.5) is 8.78 Å². The van der Waals surface area contributed by atoms with Crippen LogP contribution in [0.5, 0.6) is 0 Å². The molecule has 0 aliphatic rings. The van der Waals surface area contributed by atoms with Gasteiger partial charge in [0, 0.05) is 11.3 Å². The summed E-state index contributed by atoms with van der Waals surface area (Å²) in [5.74, 6) is -4.80. The first-order valence-corrected chi connectivity index (χ1v) is 6.96. The highest BCUT2D eigenvalue weighted by atomic mass is 32.2. The second-order valence-electron chi connectivity index (χ2n) is 4.76. The van der Waals surface area contributed by atoms with Gasteiger partial charge in [0.25, 0.3) is 5.91 Å². The van der Waals surface area contributed by atoms with E-state index >= 15 is 0 Å². The maximum Gasteiger partial charge on any atom is 0.336 e. The zero-order valence-corrected chi connectivity index (χ0v) is 12.1. The maximum absolute atomic E-state index is 13.2. The molecule has 0 atom stereocenters. The van der Waals surface area contributed by atoms with Crippen molar-refractivity contribution in [3.8, 4) is 0 Å². The molecule has 0 bridgehead atoms. The number of hydrogen-bond acceptors (Lipinski definition) is 3. The number of thioether (sulfide) groups is 1. The Labute approximate surface area is 119 Å². The quantitative estimate of drug-likeness (QED) is 0.877. The molecule has 4 nitrogen and oxygen atoms in total. The highest BCUT2D eigenvalue weighted by molar-refractivity contribution is 7.99. The Morgan fingerprint density at radius 2 is 1.75 bits per heavy atom. The van der Waals surface area contributed by atoms with Gasteiger partial charge in [-0.2, -0.15) is 11.8 Å². The Morgan fingerprint density at radius 1 is 1.25 bits per heavy atom. The van der Waals surface area contributed by atoms with Gasteiger partial charge in [0.15, 0.2) is 11.6 Å². The van der Waals surface area contributed by atoms with E-state index in [1.165, 1.54) is 11.8 Å². The molecular weight excluding hydrogens is 288 g/mol. The Hall–Kier alpha value is -1.63. The van der Waals surface area contributed by atoms with Crippen LogP contribution in [-0.2, 0) is 0 Å². The smallest absolute Gasteiger partial charge is 0.336 e. The summed E-state index contributed by atoms with van der Waals surface area (Å²) < 4.78 is 26.0. The second-order valence-corrected chi connectivity index (χ2v) is 6.28. The number of benzene rings is 1. The van der Waals surface area contributed by atoms with E-state index in [-0.39, 0.29) is 11.3 Å². The van der Waals surface area contributed by atoms with Crippen LogP contribution in [0.3, 0.4) is 0 Å². The monoisotopic (exact) mass is 303 g/mol. The summed E-state index contributed by atoms with van der Waals surface area (Å²) in [6.45, 7) is 4.05. The minimum Gasteiger partial charge on any atom is -0.478 e. The number of halogens is 2. The number of amides is 1. The van der Waals surface area contributed by atoms with Gasteiger partial charge in [-0.05, 0) is 32.2 Å². The molecule has 20 heavy (non-hydrogen) atoms. The first-order chi connectivity index (χ1) is 9.18. The van der Waals surface area contributed by atoms with Crippen LogP contribution in [-0.4, -0.2) is 34.5 Å². The number of aromatic carboxylic acids is 1. The molecule has 0 aliphatic heterocycles. The SMILES string of the molecule is CSC(C)(C)CNC(=O)c1cc(F)c(F)cc1C(=O)O. The lowest BCUT2D eigenvalue weighted by Gasteiger charge is -2.22. The largest absolute Gasteiger partial charge is 0.478 e. The van der Waals surface area contributed by atoms with Crippen LogP contribution in [0, 0.1) is 11.6 Å². The topological polar surface area (TPSA) is 66.4 Å². The van der Waals surface area contributed by atoms with Gasteiger partial charge in [0.05, 0.1) is 11.1 Å². The third-order valence-electron chi connectivity index (χ3n) is 2.76. The van der Waals surface area contributed by atoms with Crippen molar-refractivity contribution in [3.63, 3.8) is 0 Å². The number of rotatable bonds is 5. The zero-order valence-electron chi connectivity index (χ0n) is 11.3. The van der Waals surface area contributed by atoms with Crippen LogP contribution in [0.2, 0.25) is 0 Å². The molecule has 1 rings (SSSR count). The lowest BCUT2D eigenvalue weighted by atomic mass is 10.1. The summed E-state index contributed by atoms with van der Waals surface area (Å²) >= 11 is 1.52. The minimum absolute atomic E-state index is 0.252. The summed E-state index contributed by atoms with van der Waals surface area (Å²) in [6.07, 6.45) is 1.87. The zero-order chi connectivity index (χ0) is 15.5.